The Kier molecular flexibility index (Phi) is 3.76. The van der Waals surface area contributed by atoms with Gasteiger partial charge in [-0.25, -0.2) is 4.36 Å². The monoisotopic (exact) mass is 191 g/mol. The molecule has 0 aliphatic carbocycles. The van der Waals surface area contributed by atoms with E-state index < -0.39 is 10.6 Å². The van der Waals surface area contributed by atoms with Crippen LogP contribution in [-0.2, 0) is 10.6 Å². The normalized spacial score (nSPS) is 16.5. The average Bonchev–Trinajstić information content (AvgIpc) is 1.78. The zero-order chi connectivity index (χ0) is 9.99. The van der Waals surface area contributed by atoms with Crippen molar-refractivity contribution in [2.24, 2.45) is 9.78 Å². The second-order valence-electron chi connectivity index (χ2n) is 5.30. The van der Waals surface area contributed by atoms with Crippen LogP contribution in [0.25, 0.3) is 0 Å². The number of thiol groups is 1. The van der Waals surface area contributed by atoms with Gasteiger partial charge in [0.25, 0.3) is 0 Å². The van der Waals surface area contributed by atoms with Crippen LogP contribution in [0, 0.1) is 5.41 Å². The largest absolute Gasteiger partial charge is 0.252 e. The molecule has 12 heavy (non-hydrogen) atoms. The summed E-state index contributed by atoms with van der Waals surface area (Å²) in [5.74, 6) is 0. The Morgan fingerprint density at radius 2 is 1.50 bits per heavy atom. The van der Waals surface area contributed by atoms with Gasteiger partial charge in [0.15, 0.2) is 0 Å². The number of hydrogen-bond acceptors (Lipinski definition) is 2. The highest BCUT2D eigenvalue weighted by molar-refractivity contribution is 7.76. The minimum atomic E-state index is -1.41. The zero-order valence-corrected chi connectivity index (χ0v) is 9.90. The molecule has 3 heteroatoms. The Hall–Kier alpha value is -0.0500. The molecule has 0 spiro atoms. The van der Waals surface area contributed by atoms with Gasteiger partial charge in [-0.15, -0.1) is 0 Å². The molecular weight excluding hydrogens is 170 g/mol. The first kappa shape index (κ1) is 11.9. The smallest absolute Gasteiger partial charge is 0.0530 e. The fraction of sp³-hybridized carbons (Fsp3) is 1.00. The molecule has 0 heterocycles. The van der Waals surface area contributed by atoms with Gasteiger partial charge in [0.1, 0.15) is 0 Å². The number of nitrogens with zero attached hydrogens (tertiary/aromatic N) is 1. The summed E-state index contributed by atoms with van der Waals surface area (Å²) in [6.07, 6.45) is 0. The molecule has 0 aromatic rings. The summed E-state index contributed by atoms with van der Waals surface area (Å²) >= 11 is 0. The molecule has 1 unspecified atom stereocenters. The Balaban J connectivity index is 4.32. The van der Waals surface area contributed by atoms with Crippen LogP contribution < -0.4 is 0 Å². The van der Waals surface area contributed by atoms with E-state index in [2.05, 4.69) is 25.1 Å². The Morgan fingerprint density at radius 3 is 1.75 bits per heavy atom. The van der Waals surface area contributed by atoms with Gasteiger partial charge in [-0.1, -0.05) is 20.8 Å². The standard InChI is InChI=1S/C9H21NOS/c1-8(2,3)7-10-12(11)9(4,5)6/h12H,7H2,1-6H3. The SMILES string of the molecule is CC(C)(C)C/N=[SH](=O)/C(C)(C)C. The third-order valence-electron chi connectivity index (χ3n) is 1.25. The second-order valence-corrected chi connectivity index (χ2v) is 7.47. The Labute approximate surface area is 78.0 Å². The van der Waals surface area contributed by atoms with Crippen LogP contribution in [0.2, 0.25) is 0 Å². The van der Waals surface area contributed by atoms with E-state index in [9.17, 15) is 4.21 Å². The van der Waals surface area contributed by atoms with Gasteiger partial charge in [0.05, 0.1) is 6.54 Å². The zero-order valence-electron chi connectivity index (χ0n) is 9.01. The molecular formula is C9H21NOS. The molecule has 74 valence electrons. The quantitative estimate of drug-likeness (QED) is 0.634. The summed E-state index contributed by atoms with van der Waals surface area (Å²) in [6.45, 7) is 12.8. The molecule has 0 amide bonds. The molecule has 0 saturated heterocycles. The second kappa shape index (κ2) is 3.77. The fourth-order valence-electron chi connectivity index (χ4n) is 0.488. The molecule has 1 atom stereocenters. The lowest BCUT2D eigenvalue weighted by molar-refractivity contribution is 0.430. The van der Waals surface area contributed by atoms with Gasteiger partial charge >= 0.3 is 0 Å². The van der Waals surface area contributed by atoms with Crippen molar-refractivity contribution in [1.29, 1.82) is 0 Å². The van der Waals surface area contributed by atoms with Gasteiger partial charge in [-0.05, 0) is 26.2 Å². The van der Waals surface area contributed by atoms with E-state index in [1.807, 2.05) is 20.8 Å². The third kappa shape index (κ3) is 5.58. The van der Waals surface area contributed by atoms with E-state index in [4.69, 9.17) is 0 Å². The Morgan fingerprint density at radius 1 is 1.08 bits per heavy atom. The van der Waals surface area contributed by atoms with Crippen molar-refractivity contribution in [1.82, 2.24) is 0 Å². The van der Waals surface area contributed by atoms with Gasteiger partial charge in [-0.2, -0.15) is 0 Å². The third-order valence-corrected chi connectivity index (χ3v) is 2.79. The molecule has 0 aromatic heterocycles. The first-order valence-electron chi connectivity index (χ1n) is 4.28. The number of hydrogen-bond donors (Lipinski definition) is 1. The van der Waals surface area contributed by atoms with Gasteiger partial charge in [0.2, 0.25) is 0 Å². The highest BCUT2D eigenvalue weighted by Gasteiger charge is 2.13. The Bertz CT molecular complexity index is 214. The maximum Gasteiger partial charge on any atom is 0.0530 e. The van der Waals surface area contributed by atoms with E-state index in [-0.39, 0.29) is 10.2 Å². The van der Waals surface area contributed by atoms with E-state index in [0.717, 1.165) is 0 Å². The minimum Gasteiger partial charge on any atom is -0.252 e. The first-order chi connectivity index (χ1) is 5.13. The maximum absolute atomic E-state index is 11.5. The molecule has 0 fully saturated rings. The van der Waals surface area contributed by atoms with E-state index in [1.165, 1.54) is 0 Å². The lowest BCUT2D eigenvalue weighted by atomic mass is 9.98. The summed E-state index contributed by atoms with van der Waals surface area (Å²) < 4.78 is 15.5. The predicted octanol–water partition coefficient (Wildman–Crippen LogP) is 2.50. The van der Waals surface area contributed by atoms with Crippen molar-refractivity contribution in [2.75, 3.05) is 6.54 Å². The van der Waals surface area contributed by atoms with Crippen molar-refractivity contribution in [3.63, 3.8) is 0 Å². The average molecular weight is 191 g/mol. The molecule has 0 bridgehead atoms. The van der Waals surface area contributed by atoms with Crippen molar-refractivity contribution in [3.05, 3.63) is 0 Å². The van der Waals surface area contributed by atoms with Crippen LogP contribution in [0.1, 0.15) is 41.5 Å². The maximum atomic E-state index is 11.5. The molecule has 0 N–H and O–H groups in total. The summed E-state index contributed by atoms with van der Waals surface area (Å²) in [5.41, 5.74) is 0.149. The van der Waals surface area contributed by atoms with E-state index in [0.29, 0.717) is 6.54 Å². The molecule has 0 rings (SSSR count). The van der Waals surface area contributed by atoms with Crippen LogP contribution in [0.3, 0.4) is 0 Å². The summed E-state index contributed by atoms with van der Waals surface area (Å²) in [7, 11) is -1.41. The molecule has 0 aliphatic rings. The lowest BCUT2D eigenvalue weighted by Gasteiger charge is -2.16. The number of rotatable bonds is 1. The molecule has 0 radical (unpaired) electrons. The predicted molar refractivity (Wildman–Crippen MR) is 56.0 cm³/mol. The molecule has 0 saturated carbocycles. The van der Waals surface area contributed by atoms with Crippen molar-refractivity contribution in [3.8, 4) is 0 Å². The van der Waals surface area contributed by atoms with E-state index >= 15 is 0 Å². The van der Waals surface area contributed by atoms with Crippen LogP contribution in [-0.4, -0.2) is 15.5 Å². The summed E-state index contributed by atoms with van der Waals surface area (Å²) in [5, 5.41) is 0. The van der Waals surface area contributed by atoms with Crippen molar-refractivity contribution in [2.45, 2.75) is 46.3 Å². The molecule has 0 aromatic carbocycles. The summed E-state index contributed by atoms with van der Waals surface area (Å²) in [6, 6.07) is 0. The molecule has 2 nitrogen and oxygen atoms in total. The van der Waals surface area contributed by atoms with Crippen LogP contribution in [0.15, 0.2) is 4.36 Å². The fourth-order valence-corrected chi connectivity index (χ4v) is 1.47. The molecule has 0 aliphatic heterocycles. The van der Waals surface area contributed by atoms with Gasteiger partial charge in [-0.3, -0.25) is 4.21 Å². The van der Waals surface area contributed by atoms with Crippen molar-refractivity contribution >= 4 is 10.6 Å². The highest BCUT2D eigenvalue weighted by Crippen LogP contribution is 2.15. The van der Waals surface area contributed by atoms with Gasteiger partial charge in [0, 0.05) is 15.3 Å². The first-order valence-corrected chi connectivity index (χ1v) is 5.49. The summed E-state index contributed by atoms with van der Waals surface area (Å²) in [4.78, 5) is 0. The lowest BCUT2D eigenvalue weighted by Crippen LogP contribution is -2.17. The minimum absolute atomic E-state index is 0.149. The van der Waals surface area contributed by atoms with E-state index in [1.54, 1.807) is 0 Å². The van der Waals surface area contributed by atoms with Crippen molar-refractivity contribution < 1.29 is 4.21 Å². The highest BCUT2D eigenvalue weighted by atomic mass is 32.2. The van der Waals surface area contributed by atoms with Gasteiger partial charge < -0.3 is 0 Å². The van der Waals surface area contributed by atoms with Crippen LogP contribution in [0.4, 0.5) is 0 Å². The van der Waals surface area contributed by atoms with Crippen LogP contribution >= 0.6 is 0 Å². The van der Waals surface area contributed by atoms with Crippen LogP contribution in [0.5, 0.6) is 0 Å². The topological polar surface area (TPSA) is 29.4 Å².